The fourth-order valence-electron chi connectivity index (χ4n) is 11.8. The van der Waals surface area contributed by atoms with Gasteiger partial charge in [0.05, 0.1) is 65.1 Å². The Kier molecular flexibility index (Phi) is 17.3. The number of hydrogen-bond donors (Lipinski definition) is 9. The molecule has 7 aliphatic rings. The molecule has 7 aliphatic heterocycles. The number of piperidine rings is 4. The molecule has 4 saturated heterocycles. The first-order valence-corrected chi connectivity index (χ1v) is 29.1. The molecule has 9 N–H and O–H groups in total. The quantitative estimate of drug-likeness (QED) is 0.0614. The van der Waals surface area contributed by atoms with E-state index in [0.717, 1.165) is 63.9 Å². The molecular weight excluding hydrogens is 1130 g/mol. The Morgan fingerprint density at radius 1 is 0.500 bits per heavy atom. The van der Waals surface area contributed by atoms with Crippen LogP contribution in [0, 0.1) is 5.92 Å². The minimum Gasteiger partial charge on any atom is -0.394 e. The number of carbonyl (C=O) groups excluding carboxylic acids is 9. The van der Waals surface area contributed by atoms with Gasteiger partial charge < -0.3 is 42.3 Å². The predicted molar refractivity (Wildman–Crippen MR) is 319 cm³/mol. The molecular formula is C62H66N16O10. The molecule has 26 heteroatoms. The van der Waals surface area contributed by atoms with Crippen LogP contribution in [0.25, 0.3) is 0 Å². The largest absolute Gasteiger partial charge is 0.394 e. The van der Waals surface area contributed by atoms with Crippen molar-refractivity contribution in [1.29, 1.82) is 0 Å². The Bertz CT molecular complexity index is 3820. The van der Waals surface area contributed by atoms with Gasteiger partial charge in [0.2, 0.25) is 17.7 Å². The van der Waals surface area contributed by atoms with Gasteiger partial charge in [0.25, 0.3) is 35.4 Å². The van der Waals surface area contributed by atoms with Crippen LogP contribution >= 0.6 is 0 Å². The number of aromatic nitrogens is 6. The SMILES string of the molecule is C=C1CCC(N2C(=O)c3cccc(NCc4cn[nH]c4)c3C2=O)C(=O)N1.C=C1CCC(N2C(=O)c3cccc(NCc4cnn(CC5CCNCC5)c4)c3C2=O)C(=O)N1.C=C1CCC(N2C(=O)c3cccc(NCc4cnn(CCO)c4)c3C2=O)C(=O)N1. The van der Waals surface area contributed by atoms with E-state index in [9.17, 15) is 43.2 Å². The average Bonchev–Trinajstić information content (AvgIpc) is 1.74. The highest BCUT2D eigenvalue weighted by Gasteiger charge is 2.48. The predicted octanol–water partition coefficient (Wildman–Crippen LogP) is 4.17. The van der Waals surface area contributed by atoms with Crippen LogP contribution < -0.4 is 37.2 Å². The number of fused-ring (bicyclic) bond motifs is 3. The van der Waals surface area contributed by atoms with Gasteiger partial charge in [-0.2, -0.15) is 15.3 Å². The van der Waals surface area contributed by atoms with Gasteiger partial charge in [-0.15, -0.1) is 0 Å². The summed E-state index contributed by atoms with van der Waals surface area (Å²) in [7, 11) is 0. The number of aliphatic hydroxyl groups excluding tert-OH is 1. The first-order chi connectivity index (χ1) is 42.6. The number of nitrogens with one attached hydrogen (secondary N) is 8. The Hall–Kier alpha value is -10.3. The highest BCUT2D eigenvalue weighted by Crippen LogP contribution is 2.36. The van der Waals surface area contributed by atoms with E-state index in [1.54, 1.807) is 84.1 Å². The number of anilines is 3. The van der Waals surface area contributed by atoms with Crippen molar-refractivity contribution >= 4 is 70.2 Å². The summed E-state index contributed by atoms with van der Waals surface area (Å²) in [6, 6.07) is 12.8. The lowest BCUT2D eigenvalue weighted by Gasteiger charge is -2.29. The molecule has 0 radical (unpaired) electrons. The Balaban J connectivity index is 0.000000137. The van der Waals surface area contributed by atoms with Gasteiger partial charge in [-0.05, 0) is 107 Å². The van der Waals surface area contributed by atoms with Crippen LogP contribution in [0.4, 0.5) is 17.1 Å². The maximum absolute atomic E-state index is 13.2. The molecule has 0 saturated carbocycles. The van der Waals surface area contributed by atoms with Crippen LogP contribution in [0.2, 0.25) is 0 Å². The first-order valence-electron chi connectivity index (χ1n) is 29.1. The van der Waals surface area contributed by atoms with E-state index in [4.69, 9.17) is 5.11 Å². The van der Waals surface area contributed by atoms with Crippen LogP contribution in [0.1, 0.15) is 130 Å². The second kappa shape index (κ2) is 25.7. The maximum atomic E-state index is 13.2. The molecule has 0 spiro atoms. The molecule has 26 nitrogen and oxygen atoms in total. The van der Waals surface area contributed by atoms with Crippen molar-refractivity contribution in [3.63, 3.8) is 0 Å². The summed E-state index contributed by atoms with van der Waals surface area (Å²) in [6.07, 6.45) is 15.8. The zero-order valence-electron chi connectivity index (χ0n) is 48.1. The molecule has 13 rings (SSSR count). The third-order valence-corrected chi connectivity index (χ3v) is 16.4. The molecule has 10 heterocycles. The number of amides is 9. The Labute approximate surface area is 504 Å². The van der Waals surface area contributed by atoms with Crippen molar-refractivity contribution in [3.05, 3.63) is 179 Å². The van der Waals surface area contributed by atoms with E-state index in [2.05, 4.69) is 77.3 Å². The standard InChI is InChI=1S/C24H28N6O3.C20H21N5O4.C18H17N5O3/c1-15-5-6-20(22(31)28-15)30-23(32)18-3-2-4-19(21(18)24(30)33)26-11-17-12-27-29(14-17)13-16-7-9-25-10-8-16;1-12-5-6-16(18(27)23-12)25-19(28)14-3-2-4-15(17(14)20(25)29)21-9-13-10-22-24(11-13)7-8-26;1-10-5-6-14(16(24)22-10)23-17(25)12-3-2-4-13(15(12)18(23)26)19-7-11-8-20-21-9-11/h2-4,12,14,16,20,25-26H,1,5-11,13H2,(H,28,31);2-4,10-11,16,21,26H,1,5-9H2,(H,23,27);2-4,8-9,14,19H,1,5-7H2,(H,20,21)(H,22,24). The molecule has 3 aromatic carbocycles. The van der Waals surface area contributed by atoms with Gasteiger partial charge in [-0.25, -0.2) is 0 Å². The molecule has 88 heavy (non-hydrogen) atoms. The summed E-state index contributed by atoms with van der Waals surface area (Å²) in [5.41, 5.74) is 8.08. The number of rotatable bonds is 16. The summed E-state index contributed by atoms with van der Waals surface area (Å²) in [5, 5.41) is 45.1. The molecule has 454 valence electrons. The van der Waals surface area contributed by atoms with E-state index in [1.807, 2.05) is 17.1 Å². The Morgan fingerprint density at radius 2 is 0.898 bits per heavy atom. The van der Waals surface area contributed by atoms with Gasteiger partial charge in [0, 0.05) is 95.6 Å². The second-order valence-electron chi connectivity index (χ2n) is 22.3. The van der Waals surface area contributed by atoms with Crippen LogP contribution in [-0.2, 0) is 47.1 Å². The Morgan fingerprint density at radius 3 is 1.28 bits per heavy atom. The van der Waals surface area contributed by atoms with Crippen molar-refractivity contribution in [3.8, 4) is 0 Å². The van der Waals surface area contributed by atoms with Crippen LogP contribution in [0.5, 0.6) is 0 Å². The minimum absolute atomic E-state index is 0.00468. The number of carbonyl (C=O) groups is 9. The molecule has 0 aliphatic carbocycles. The van der Waals surface area contributed by atoms with E-state index >= 15 is 0 Å². The number of aliphatic hydroxyl groups is 1. The fraction of sp³-hybridized carbons (Fsp3) is 0.323. The molecule has 3 atom stereocenters. The lowest BCUT2D eigenvalue weighted by atomic mass is 9.98. The minimum atomic E-state index is -0.836. The van der Waals surface area contributed by atoms with Crippen LogP contribution in [0.15, 0.2) is 129 Å². The van der Waals surface area contributed by atoms with Crippen molar-refractivity contribution in [2.45, 2.75) is 102 Å². The number of allylic oxidation sites excluding steroid dienone is 3. The van der Waals surface area contributed by atoms with Gasteiger partial charge in [0.15, 0.2) is 0 Å². The number of nitrogens with zero attached hydrogens (tertiary/aromatic N) is 8. The number of imide groups is 3. The normalized spacial score (nSPS) is 20.0. The van der Waals surface area contributed by atoms with E-state index in [1.165, 1.54) is 0 Å². The number of benzene rings is 3. The second-order valence-corrected chi connectivity index (χ2v) is 22.3. The summed E-state index contributed by atoms with van der Waals surface area (Å²) >= 11 is 0. The third kappa shape index (κ3) is 12.2. The molecule has 4 fully saturated rings. The monoisotopic (exact) mass is 1190 g/mol. The molecule has 0 bridgehead atoms. The number of aromatic amines is 1. The van der Waals surface area contributed by atoms with Gasteiger partial charge >= 0.3 is 0 Å². The summed E-state index contributed by atoms with van der Waals surface area (Å²) in [6.45, 7) is 16.0. The highest BCUT2D eigenvalue weighted by atomic mass is 16.3. The number of hydrogen-bond acceptors (Lipinski definition) is 17. The maximum Gasteiger partial charge on any atom is 0.264 e. The van der Waals surface area contributed by atoms with Crippen LogP contribution in [0.3, 0.4) is 0 Å². The molecule has 3 aromatic heterocycles. The molecule has 6 aromatic rings. The first kappa shape index (κ1) is 59.4. The summed E-state index contributed by atoms with van der Waals surface area (Å²) < 4.78 is 3.60. The van der Waals surface area contributed by atoms with Gasteiger partial charge in [-0.3, -0.25) is 72.3 Å². The average molecular weight is 1200 g/mol. The lowest BCUT2D eigenvalue weighted by molar-refractivity contribution is -0.126. The molecule has 9 amide bonds. The van der Waals surface area contributed by atoms with Crippen molar-refractivity contribution in [2.75, 3.05) is 35.6 Å². The van der Waals surface area contributed by atoms with Crippen molar-refractivity contribution in [2.24, 2.45) is 5.92 Å². The van der Waals surface area contributed by atoms with Crippen molar-refractivity contribution < 1.29 is 48.3 Å². The van der Waals surface area contributed by atoms with E-state index < -0.39 is 53.6 Å². The number of H-pyrrole nitrogens is 1. The van der Waals surface area contributed by atoms with E-state index in [-0.39, 0.29) is 35.5 Å². The smallest absolute Gasteiger partial charge is 0.264 e. The zero-order chi connectivity index (χ0) is 61.8. The molecule has 3 unspecified atom stereocenters. The topological polar surface area (TPSA) is 332 Å². The van der Waals surface area contributed by atoms with Gasteiger partial charge in [0.1, 0.15) is 18.1 Å². The lowest BCUT2D eigenvalue weighted by Crippen LogP contribution is -2.51. The summed E-state index contributed by atoms with van der Waals surface area (Å²) in [5.74, 6) is -3.19. The van der Waals surface area contributed by atoms with Crippen LogP contribution in [-0.4, -0.2) is 141 Å². The fourth-order valence-corrected chi connectivity index (χ4v) is 11.8. The van der Waals surface area contributed by atoms with Crippen molar-refractivity contribution in [1.82, 2.24) is 65.7 Å². The zero-order valence-corrected chi connectivity index (χ0v) is 48.1. The summed E-state index contributed by atoms with van der Waals surface area (Å²) in [4.78, 5) is 118. The third-order valence-electron chi connectivity index (χ3n) is 16.4. The van der Waals surface area contributed by atoms with E-state index in [0.29, 0.717) is 127 Å². The van der Waals surface area contributed by atoms with Gasteiger partial charge in [-0.1, -0.05) is 37.9 Å². The highest BCUT2D eigenvalue weighted by molar-refractivity contribution is 6.27.